The number of nitrogens with zero attached hydrogens (tertiary/aromatic N) is 3. The van der Waals surface area contributed by atoms with Crippen molar-refractivity contribution in [3.63, 3.8) is 0 Å². The molecule has 0 radical (unpaired) electrons. The van der Waals surface area contributed by atoms with Gasteiger partial charge in [0.05, 0.1) is 4.90 Å². The Hall–Kier alpha value is -2.68. The van der Waals surface area contributed by atoms with Crippen LogP contribution in [0.3, 0.4) is 0 Å². The molecule has 7 nitrogen and oxygen atoms in total. The van der Waals surface area contributed by atoms with Crippen molar-refractivity contribution in [1.82, 2.24) is 13.8 Å². The third-order valence-corrected chi connectivity index (χ3v) is 9.28. The summed E-state index contributed by atoms with van der Waals surface area (Å²) in [5.41, 5.74) is 4.87. The fourth-order valence-corrected chi connectivity index (χ4v) is 6.61. The van der Waals surface area contributed by atoms with Crippen molar-refractivity contribution in [2.24, 2.45) is 0 Å². The molecule has 1 saturated heterocycles. The fourth-order valence-electron chi connectivity index (χ4n) is 5.06. The van der Waals surface area contributed by atoms with E-state index in [0.29, 0.717) is 18.0 Å². The average molecular weight is 525 g/mol. The third kappa shape index (κ3) is 6.08. The molecule has 0 spiro atoms. The molecule has 1 N–H and O–H groups in total. The maximum Gasteiger partial charge on any atom is 0.247 e. The van der Waals surface area contributed by atoms with E-state index in [2.05, 4.69) is 42.5 Å². The summed E-state index contributed by atoms with van der Waals surface area (Å²) in [5.74, 6) is -0.101. The fraction of sp³-hybridized carbons (Fsp3) is 0.483. The number of aromatic nitrogens is 1. The van der Waals surface area contributed by atoms with E-state index in [1.165, 1.54) is 5.56 Å². The van der Waals surface area contributed by atoms with Gasteiger partial charge >= 0.3 is 0 Å². The normalized spacial score (nSPS) is 15.8. The van der Waals surface area contributed by atoms with Crippen LogP contribution in [0.4, 0.5) is 5.69 Å². The van der Waals surface area contributed by atoms with E-state index in [4.69, 9.17) is 0 Å². The van der Waals surface area contributed by atoms with Crippen LogP contribution in [-0.4, -0.2) is 61.8 Å². The Morgan fingerprint density at radius 3 is 2.46 bits per heavy atom. The van der Waals surface area contributed by atoms with Gasteiger partial charge < -0.3 is 14.8 Å². The quantitative estimate of drug-likeness (QED) is 0.421. The molecule has 1 aliphatic rings. The second-order valence-electron chi connectivity index (χ2n) is 10.6. The Kier molecular flexibility index (Phi) is 8.41. The number of aryl methyl sites for hydroxylation is 3. The van der Waals surface area contributed by atoms with Crippen LogP contribution in [0.5, 0.6) is 0 Å². The number of benzene rings is 2. The Morgan fingerprint density at radius 2 is 1.76 bits per heavy atom. The van der Waals surface area contributed by atoms with E-state index in [0.717, 1.165) is 66.4 Å². The first kappa shape index (κ1) is 27.4. The summed E-state index contributed by atoms with van der Waals surface area (Å²) in [7, 11) is 0.629. The highest BCUT2D eigenvalue weighted by Crippen LogP contribution is 2.30. The van der Waals surface area contributed by atoms with Crippen molar-refractivity contribution in [3.8, 4) is 0 Å². The van der Waals surface area contributed by atoms with Crippen molar-refractivity contribution >= 4 is 32.5 Å². The monoisotopic (exact) mass is 524 g/mol. The lowest BCUT2D eigenvalue weighted by atomic mass is 10.1. The van der Waals surface area contributed by atoms with E-state index >= 15 is 0 Å². The van der Waals surface area contributed by atoms with Gasteiger partial charge in [-0.1, -0.05) is 18.6 Å². The largest absolute Gasteiger partial charge is 0.335 e. The van der Waals surface area contributed by atoms with E-state index in [1.54, 1.807) is 16.4 Å². The summed E-state index contributed by atoms with van der Waals surface area (Å²) < 4.78 is 29.9. The lowest BCUT2D eigenvalue weighted by Crippen LogP contribution is -2.35. The predicted molar refractivity (Wildman–Crippen MR) is 151 cm³/mol. The molecule has 1 atom stereocenters. The van der Waals surface area contributed by atoms with Gasteiger partial charge in [0, 0.05) is 35.9 Å². The van der Waals surface area contributed by atoms with Crippen LogP contribution >= 0.6 is 0 Å². The number of hydrogen-bond acceptors (Lipinski definition) is 4. The number of fused-ring (bicyclic) bond motifs is 1. The summed E-state index contributed by atoms with van der Waals surface area (Å²) in [6, 6.07) is 11.1. The minimum atomic E-state index is -3.52. The Morgan fingerprint density at radius 1 is 1.03 bits per heavy atom. The zero-order valence-electron chi connectivity index (χ0n) is 22.8. The second kappa shape index (κ2) is 11.4. The van der Waals surface area contributed by atoms with Crippen LogP contribution < -0.4 is 5.32 Å². The highest BCUT2D eigenvalue weighted by atomic mass is 32.2. The van der Waals surface area contributed by atoms with Crippen molar-refractivity contribution in [2.45, 2.75) is 63.8 Å². The molecule has 0 bridgehead atoms. The van der Waals surface area contributed by atoms with E-state index in [9.17, 15) is 13.2 Å². The SMILES string of the molecule is Cc1ccc(CCCN(C)C)cc1NC(=O)C(C)n1cc(C)c2cc(S(=O)(=O)N3CCCCC3)ccc21. The molecule has 1 amide bonds. The molecule has 1 unspecified atom stereocenters. The molecule has 1 aliphatic heterocycles. The topological polar surface area (TPSA) is 74.6 Å². The van der Waals surface area contributed by atoms with Gasteiger partial charge in [-0.2, -0.15) is 4.31 Å². The minimum absolute atomic E-state index is 0.101. The summed E-state index contributed by atoms with van der Waals surface area (Å²) >= 11 is 0. The van der Waals surface area contributed by atoms with Crippen LogP contribution in [0.2, 0.25) is 0 Å². The number of carbonyl (C=O) groups excluding carboxylic acids is 1. The van der Waals surface area contributed by atoms with Crippen LogP contribution in [0.25, 0.3) is 10.9 Å². The number of carbonyl (C=O) groups is 1. The molecule has 8 heteroatoms. The molecule has 4 rings (SSSR count). The summed E-state index contributed by atoms with van der Waals surface area (Å²) in [5, 5.41) is 3.99. The molecule has 0 aliphatic carbocycles. The van der Waals surface area contributed by atoms with E-state index in [-0.39, 0.29) is 5.91 Å². The lowest BCUT2D eigenvalue weighted by Gasteiger charge is -2.26. The highest BCUT2D eigenvalue weighted by molar-refractivity contribution is 7.89. The smallest absolute Gasteiger partial charge is 0.247 e. The molecule has 200 valence electrons. The van der Waals surface area contributed by atoms with Crippen molar-refractivity contribution in [3.05, 3.63) is 59.3 Å². The standard InChI is InChI=1S/C29H40N4O3S/c1-21-11-12-24(10-9-15-31(4)5)18-27(21)30-29(34)23(3)33-20-22(2)26-19-25(13-14-28(26)33)37(35,36)32-16-7-6-8-17-32/h11-14,18-20,23H,6-10,15-17H2,1-5H3,(H,30,34). The van der Waals surface area contributed by atoms with Gasteiger partial charge in [-0.3, -0.25) is 4.79 Å². The van der Waals surface area contributed by atoms with Gasteiger partial charge in [0.1, 0.15) is 6.04 Å². The van der Waals surface area contributed by atoms with Crippen LogP contribution in [0.1, 0.15) is 55.3 Å². The maximum absolute atomic E-state index is 13.3. The highest BCUT2D eigenvalue weighted by Gasteiger charge is 2.27. The Balaban J connectivity index is 1.54. The van der Waals surface area contributed by atoms with Gasteiger partial charge in [-0.05, 0) is 108 Å². The number of nitrogens with one attached hydrogen (secondary N) is 1. The second-order valence-corrected chi connectivity index (χ2v) is 12.5. The number of hydrogen-bond donors (Lipinski definition) is 1. The first-order valence-electron chi connectivity index (χ1n) is 13.2. The first-order valence-corrected chi connectivity index (χ1v) is 14.7. The van der Waals surface area contributed by atoms with E-state index in [1.807, 2.05) is 37.6 Å². The molecule has 1 aromatic heterocycles. The molecule has 2 heterocycles. The average Bonchev–Trinajstić information content (AvgIpc) is 3.21. The molecule has 37 heavy (non-hydrogen) atoms. The lowest BCUT2D eigenvalue weighted by molar-refractivity contribution is -0.118. The van der Waals surface area contributed by atoms with Gasteiger partial charge in [0.15, 0.2) is 0 Å². The Labute approximate surface area is 221 Å². The number of piperidine rings is 1. The predicted octanol–water partition coefficient (Wildman–Crippen LogP) is 5.13. The van der Waals surface area contributed by atoms with Crippen molar-refractivity contribution in [2.75, 3.05) is 39.0 Å². The molecular weight excluding hydrogens is 484 g/mol. The number of sulfonamides is 1. The van der Waals surface area contributed by atoms with Crippen LogP contribution in [0.15, 0.2) is 47.5 Å². The molecule has 0 saturated carbocycles. The Bertz CT molecular complexity index is 1370. The van der Waals surface area contributed by atoms with Gasteiger partial charge in [0.25, 0.3) is 0 Å². The molecule has 2 aromatic carbocycles. The number of anilines is 1. The van der Waals surface area contributed by atoms with Gasteiger partial charge in [0.2, 0.25) is 15.9 Å². The van der Waals surface area contributed by atoms with Crippen molar-refractivity contribution in [1.29, 1.82) is 0 Å². The number of rotatable bonds is 9. The van der Waals surface area contributed by atoms with Gasteiger partial charge in [-0.25, -0.2) is 8.42 Å². The summed E-state index contributed by atoms with van der Waals surface area (Å²) in [6.45, 7) is 8.02. The molecular formula is C29H40N4O3S. The zero-order chi connectivity index (χ0) is 26.7. The zero-order valence-corrected chi connectivity index (χ0v) is 23.6. The molecule has 3 aromatic rings. The minimum Gasteiger partial charge on any atom is -0.335 e. The van der Waals surface area contributed by atoms with E-state index < -0.39 is 16.1 Å². The molecule has 1 fully saturated rings. The van der Waals surface area contributed by atoms with Gasteiger partial charge in [-0.15, -0.1) is 0 Å². The van der Waals surface area contributed by atoms with Crippen LogP contribution in [0, 0.1) is 13.8 Å². The summed E-state index contributed by atoms with van der Waals surface area (Å²) in [4.78, 5) is 15.8. The first-order chi connectivity index (χ1) is 17.6. The third-order valence-electron chi connectivity index (χ3n) is 7.38. The maximum atomic E-state index is 13.3. The van der Waals surface area contributed by atoms with Crippen molar-refractivity contribution < 1.29 is 13.2 Å². The summed E-state index contributed by atoms with van der Waals surface area (Å²) in [6.07, 6.45) is 6.85. The van der Waals surface area contributed by atoms with Crippen LogP contribution in [-0.2, 0) is 21.2 Å². The number of amides is 1.